The van der Waals surface area contributed by atoms with Crippen LogP contribution in [0.15, 0.2) is 48.5 Å². The second kappa shape index (κ2) is 8.55. The zero-order valence-electron chi connectivity index (χ0n) is 16.5. The molecule has 1 heterocycles. The van der Waals surface area contributed by atoms with Gasteiger partial charge in [0.15, 0.2) is 0 Å². The molecule has 1 amide bonds. The Labute approximate surface area is 161 Å². The zero-order chi connectivity index (χ0) is 19.4. The average molecular weight is 368 g/mol. The van der Waals surface area contributed by atoms with Gasteiger partial charge in [0.25, 0.3) is 5.91 Å². The molecule has 144 valence electrons. The van der Waals surface area contributed by atoms with Gasteiger partial charge in [-0.25, -0.2) is 0 Å². The molecule has 2 aromatic carbocycles. The van der Waals surface area contributed by atoms with Crippen LogP contribution < -0.4 is 4.74 Å². The Kier molecular flexibility index (Phi) is 6.14. The fourth-order valence-corrected chi connectivity index (χ4v) is 3.74. The van der Waals surface area contributed by atoms with Crippen molar-refractivity contribution in [2.24, 2.45) is 0 Å². The molecule has 27 heavy (non-hydrogen) atoms. The van der Waals surface area contributed by atoms with E-state index in [1.807, 2.05) is 62.3 Å². The molecule has 0 N–H and O–H groups in total. The molecule has 0 spiro atoms. The van der Waals surface area contributed by atoms with Crippen molar-refractivity contribution in [2.45, 2.75) is 19.1 Å². The number of rotatable bonds is 5. The molecule has 2 aromatic rings. The number of morpholine rings is 1. The predicted octanol–water partition coefficient (Wildman–Crippen LogP) is 3.15. The summed E-state index contributed by atoms with van der Waals surface area (Å²) in [6, 6.07) is 15.7. The molecular weight excluding hydrogens is 340 g/mol. The Morgan fingerprint density at radius 1 is 1.19 bits per heavy atom. The quantitative estimate of drug-likeness (QED) is 0.813. The molecule has 5 heteroatoms. The Morgan fingerprint density at radius 3 is 2.59 bits per heavy atom. The van der Waals surface area contributed by atoms with Gasteiger partial charge in [-0.1, -0.05) is 36.4 Å². The summed E-state index contributed by atoms with van der Waals surface area (Å²) in [5.74, 6) is 0.752. The molecule has 0 bridgehead atoms. The van der Waals surface area contributed by atoms with Crippen LogP contribution >= 0.6 is 0 Å². The highest BCUT2D eigenvalue weighted by atomic mass is 16.5. The normalized spacial score (nSPS) is 20.0. The first-order valence-corrected chi connectivity index (χ1v) is 9.28. The maximum atomic E-state index is 13.5. The number of benzene rings is 2. The number of carbonyl (C=O) groups is 1. The van der Waals surface area contributed by atoms with Gasteiger partial charge < -0.3 is 19.3 Å². The number of amides is 1. The number of ether oxygens (including phenoxy) is 2. The lowest BCUT2D eigenvalue weighted by Gasteiger charge is -2.42. The summed E-state index contributed by atoms with van der Waals surface area (Å²) < 4.78 is 11.5. The van der Waals surface area contributed by atoms with E-state index in [1.54, 1.807) is 7.11 Å². The molecule has 3 rings (SSSR count). The van der Waals surface area contributed by atoms with Crippen LogP contribution in [0.4, 0.5) is 0 Å². The largest absolute Gasteiger partial charge is 0.496 e. The third-order valence-electron chi connectivity index (χ3n) is 5.03. The number of carbonyl (C=O) groups excluding carboxylic acids is 1. The van der Waals surface area contributed by atoms with Gasteiger partial charge in [0, 0.05) is 24.2 Å². The summed E-state index contributed by atoms with van der Waals surface area (Å²) in [7, 11) is 5.68. The lowest BCUT2D eigenvalue weighted by molar-refractivity contribution is -0.0684. The maximum Gasteiger partial charge on any atom is 0.254 e. The summed E-state index contributed by atoms with van der Waals surface area (Å²) in [6.45, 7) is 3.79. The van der Waals surface area contributed by atoms with Gasteiger partial charge in [0.2, 0.25) is 0 Å². The summed E-state index contributed by atoms with van der Waals surface area (Å²) in [5.41, 5.74) is 2.64. The number of methoxy groups -OCH3 is 1. The summed E-state index contributed by atoms with van der Waals surface area (Å²) in [5, 5.41) is 0. The number of nitrogens with zero attached hydrogens (tertiary/aromatic N) is 2. The molecule has 0 unspecified atom stereocenters. The van der Waals surface area contributed by atoms with Crippen LogP contribution in [0.1, 0.15) is 27.5 Å². The van der Waals surface area contributed by atoms with Crippen molar-refractivity contribution in [3.05, 3.63) is 65.2 Å². The Balaban J connectivity index is 1.99. The Hall–Kier alpha value is -2.37. The van der Waals surface area contributed by atoms with E-state index in [0.29, 0.717) is 18.7 Å². The highest BCUT2D eigenvalue weighted by Gasteiger charge is 2.37. The minimum atomic E-state index is -0.125. The summed E-state index contributed by atoms with van der Waals surface area (Å²) >= 11 is 0. The van der Waals surface area contributed by atoms with Crippen molar-refractivity contribution in [3.63, 3.8) is 0 Å². The van der Waals surface area contributed by atoms with E-state index < -0.39 is 0 Å². The standard InChI is InChI=1S/C22H28N2O3/c1-16-18(11-8-12-19(16)26-4)22(25)24-13-14-27-20(15-23(2)3)21(24)17-9-6-5-7-10-17/h5-12,20-21H,13-15H2,1-4H3/t20-,21-/m0/s1. The lowest BCUT2D eigenvalue weighted by Crippen LogP contribution is -2.51. The van der Waals surface area contributed by atoms with Crippen LogP contribution in [0.25, 0.3) is 0 Å². The van der Waals surface area contributed by atoms with E-state index >= 15 is 0 Å². The smallest absolute Gasteiger partial charge is 0.254 e. The second-order valence-corrected chi connectivity index (χ2v) is 7.16. The molecule has 2 atom stereocenters. The van der Waals surface area contributed by atoms with Crippen LogP contribution in [0.5, 0.6) is 5.75 Å². The SMILES string of the molecule is COc1cccc(C(=O)N2CCO[C@@H](CN(C)C)[C@@H]2c2ccccc2)c1C. The van der Waals surface area contributed by atoms with E-state index in [2.05, 4.69) is 17.0 Å². The first-order valence-electron chi connectivity index (χ1n) is 9.28. The first-order chi connectivity index (χ1) is 13.0. The van der Waals surface area contributed by atoms with Gasteiger partial charge in [0.05, 0.1) is 25.9 Å². The van der Waals surface area contributed by atoms with Gasteiger partial charge in [-0.3, -0.25) is 4.79 Å². The highest BCUT2D eigenvalue weighted by molar-refractivity contribution is 5.96. The van der Waals surface area contributed by atoms with E-state index in [4.69, 9.17) is 9.47 Å². The predicted molar refractivity (Wildman–Crippen MR) is 106 cm³/mol. The van der Waals surface area contributed by atoms with Crippen molar-refractivity contribution in [1.82, 2.24) is 9.80 Å². The summed E-state index contributed by atoms with van der Waals surface area (Å²) in [4.78, 5) is 17.6. The fourth-order valence-electron chi connectivity index (χ4n) is 3.74. The molecular formula is C22H28N2O3. The zero-order valence-corrected chi connectivity index (χ0v) is 16.5. The molecule has 1 fully saturated rings. The van der Waals surface area contributed by atoms with Crippen LogP contribution in [0.3, 0.4) is 0 Å². The van der Waals surface area contributed by atoms with E-state index in [1.165, 1.54) is 0 Å². The maximum absolute atomic E-state index is 13.5. The molecule has 0 saturated carbocycles. The van der Waals surface area contributed by atoms with Gasteiger partial charge in [-0.2, -0.15) is 0 Å². The van der Waals surface area contributed by atoms with Gasteiger partial charge in [-0.05, 0) is 38.7 Å². The van der Waals surface area contributed by atoms with Crippen LogP contribution in [0.2, 0.25) is 0 Å². The minimum absolute atomic E-state index is 0.0207. The highest BCUT2D eigenvalue weighted by Crippen LogP contribution is 2.32. The van der Waals surface area contributed by atoms with Crippen LogP contribution in [-0.4, -0.2) is 62.7 Å². The van der Waals surface area contributed by atoms with Crippen LogP contribution in [0, 0.1) is 6.92 Å². The van der Waals surface area contributed by atoms with Crippen molar-refractivity contribution >= 4 is 5.91 Å². The van der Waals surface area contributed by atoms with E-state index in [-0.39, 0.29) is 18.1 Å². The third-order valence-corrected chi connectivity index (χ3v) is 5.03. The van der Waals surface area contributed by atoms with Crippen molar-refractivity contribution in [3.8, 4) is 5.75 Å². The van der Waals surface area contributed by atoms with Crippen molar-refractivity contribution < 1.29 is 14.3 Å². The molecule has 0 aromatic heterocycles. The monoisotopic (exact) mass is 368 g/mol. The van der Waals surface area contributed by atoms with Crippen LogP contribution in [-0.2, 0) is 4.74 Å². The molecule has 1 saturated heterocycles. The van der Waals surface area contributed by atoms with E-state index in [9.17, 15) is 4.79 Å². The second-order valence-electron chi connectivity index (χ2n) is 7.16. The van der Waals surface area contributed by atoms with E-state index in [0.717, 1.165) is 23.4 Å². The molecule has 1 aliphatic rings. The molecule has 0 aliphatic carbocycles. The number of hydrogen-bond acceptors (Lipinski definition) is 4. The number of hydrogen-bond donors (Lipinski definition) is 0. The van der Waals surface area contributed by atoms with Crippen molar-refractivity contribution in [2.75, 3.05) is 40.9 Å². The van der Waals surface area contributed by atoms with Gasteiger partial charge in [-0.15, -0.1) is 0 Å². The number of likely N-dealkylation sites (N-methyl/N-ethyl adjacent to an activating group) is 1. The minimum Gasteiger partial charge on any atom is -0.496 e. The fraction of sp³-hybridized carbons (Fsp3) is 0.409. The summed E-state index contributed by atoms with van der Waals surface area (Å²) in [6.07, 6.45) is -0.0778. The Bertz CT molecular complexity index is 776. The third kappa shape index (κ3) is 4.15. The average Bonchev–Trinajstić information content (AvgIpc) is 2.67. The lowest BCUT2D eigenvalue weighted by atomic mass is 9.96. The van der Waals surface area contributed by atoms with Gasteiger partial charge >= 0.3 is 0 Å². The topological polar surface area (TPSA) is 42.0 Å². The molecule has 1 aliphatic heterocycles. The first kappa shape index (κ1) is 19.4. The van der Waals surface area contributed by atoms with Gasteiger partial charge in [0.1, 0.15) is 5.75 Å². The molecule has 0 radical (unpaired) electrons. The Morgan fingerprint density at radius 2 is 1.93 bits per heavy atom. The van der Waals surface area contributed by atoms with Crippen molar-refractivity contribution in [1.29, 1.82) is 0 Å². The molecule has 5 nitrogen and oxygen atoms in total.